The van der Waals surface area contributed by atoms with Gasteiger partial charge < -0.3 is 10.3 Å². The maximum Gasteiger partial charge on any atom is 0.224 e. The highest BCUT2D eigenvalue weighted by atomic mass is 19.1. The highest BCUT2D eigenvalue weighted by molar-refractivity contribution is 6.01. The summed E-state index contributed by atoms with van der Waals surface area (Å²) in [6, 6.07) is 18.4. The number of carbonyl (C=O) groups is 1. The van der Waals surface area contributed by atoms with Crippen LogP contribution in [-0.2, 0) is 4.79 Å². The van der Waals surface area contributed by atoms with E-state index in [4.69, 9.17) is 0 Å². The molecular formula is C30H25FN6O. The molecule has 8 heteroatoms. The standard InChI is InChI=1S/C30H25FN6O/c1-17(2)10-28(38)34-20-11-18(14-32-16-20)19-12-24-29(36-37-30(24)33-15-19)27-13-23-21(7-5-9-26(23)35-27)22-6-3-4-8-25(22)31/h3-9,11-17,35H,10H2,1-2H3,(H,34,38)(H,33,36,37). The zero-order valence-corrected chi connectivity index (χ0v) is 20.9. The van der Waals surface area contributed by atoms with Gasteiger partial charge >= 0.3 is 0 Å². The third-order valence-electron chi connectivity index (χ3n) is 6.45. The molecule has 188 valence electrons. The average molecular weight is 505 g/mol. The summed E-state index contributed by atoms with van der Waals surface area (Å²) in [5.41, 5.74) is 6.69. The molecule has 0 aliphatic heterocycles. The molecule has 1 amide bonds. The lowest BCUT2D eigenvalue weighted by atomic mass is 10.0. The van der Waals surface area contributed by atoms with Gasteiger partial charge in [-0.3, -0.25) is 14.9 Å². The lowest BCUT2D eigenvalue weighted by Gasteiger charge is -2.08. The lowest BCUT2D eigenvalue weighted by molar-refractivity contribution is -0.116. The molecule has 0 unspecified atom stereocenters. The molecule has 0 saturated heterocycles. The molecule has 0 aliphatic carbocycles. The number of aromatic amines is 2. The summed E-state index contributed by atoms with van der Waals surface area (Å²) in [5.74, 6) is -0.0408. The largest absolute Gasteiger partial charge is 0.353 e. The van der Waals surface area contributed by atoms with Crippen molar-refractivity contribution in [2.24, 2.45) is 5.92 Å². The third kappa shape index (κ3) is 4.41. The second-order valence-corrected chi connectivity index (χ2v) is 9.73. The number of pyridine rings is 2. The highest BCUT2D eigenvalue weighted by Crippen LogP contribution is 2.35. The topological polar surface area (TPSA) is 99.3 Å². The summed E-state index contributed by atoms with van der Waals surface area (Å²) in [7, 11) is 0. The molecule has 0 atom stereocenters. The first-order valence-corrected chi connectivity index (χ1v) is 12.4. The molecular weight excluding hydrogens is 479 g/mol. The number of hydrogen-bond donors (Lipinski definition) is 3. The van der Waals surface area contributed by atoms with Gasteiger partial charge in [-0.15, -0.1) is 0 Å². The van der Waals surface area contributed by atoms with Gasteiger partial charge in [0.15, 0.2) is 5.65 Å². The molecule has 2 aromatic carbocycles. The van der Waals surface area contributed by atoms with Crippen LogP contribution >= 0.6 is 0 Å². The van der Waals surface area contributed by atoms with E-state index in [1.165, 1.54) is 6.07 Å². The van der Waals surface area contributed by atoms with Crippen molar-refractivity contribution >= 4 is 33.5 Å². The fourth-order valence-corrected chi connectivity index (χ4v) is 4.71. The van der Waals surface area contributed by atoms with Gasteiger partial charge in [0, 0.05) is 51.8 Å². The minimum absolute atomic E-state index is 0.0433. The first-order chi connectivity index (χ1) is 18.5. The maximum absolute atomic E-state index is 14.6. The summed E-state index contributed by atoms with van der Waals surface area (Å²) in [6.07, 6.45) is 5.57. The van der Waals surface area contributed by atoms with Gasteiger partial charge in [-0.2, -0.15) is 5.10 Å². The van der Waals surface area contributed by atoms with Crippen molar-refractivity contribution in [2.45, 2.75) is 20.3 Å². The van der Waals surface area contributed by atoms with Crippen LogP contribution in [0.15, 0.2) is 79.3 Å². The number of anilines is 1. The second kappa shape index (κ2) is 9.55. The molecule has 38 heavy (non-hydrogen) atoms. The minimum atomic E-state index is -0.266. The molecule has 0 bridgehead atoms. The summed E-state index contributed by atoms with van der Waals surface area (Å²) in [6.45, 7) is 4.01. The number of nitrogens with zero attached hydrogens (tertiary/aromatic N) is 3. The van der Waals surface area contributed by atoms with Crippen molar-refractivity contribution in [1.82, 2.24) is 25.1 Å². The predicted octanol–water partition coefficient (Wildman–Crippen LogP) is 6.96. The molecule has 0 aliphatic rings. The van der Waals surface area contributed by atoms with Crippen LogP contribution in [0, 0.1) is 11.7 Å². The van der Waals surface area contributed by atoms with E-state index in [0.29, 0.717) is 29.0 Å². The van der Waals surface area contributed by atoms with Crippen LogP contribution < -0.4 is 5.32 Å². The van der Waals surface area contributed by atoms with Crippen LogP contribution in [0.25, 0.3) is 55.6 Å². The van der Waals surface area contributed by atoms with Crippen molar-refractivity contribution in [2.75, 3.05) is 5.32 Å². The first kappa shape index (κ1) is 23.5. The van der Waals surface area contributed by atoms with Gasteiger partial charge in [0.25, 0.3) is 0 Å². The number of benzene rings is 2. The fourth-order valence-electron chi connectivity index (χ4n) is 4.71. The molecule has 0 spiro atoms. The SMILES string of the molecule is CC(C)CC(=O)Nc1cncc(-c2cnc3[nH]nc(-c4cc5c(-c6ccccc6F)cccc5[nH]4)c3c2)c1. The van der Waals surface area contributed by atoms with Gasteiger partial charge in [0.1, 0.15) is 11.5 Å². The lowest BCUT2D eigenvalue weighted by Crippen LogP contribution is -2.13. The number of hydrogen-bond acceptors (Lipinski definition) is 4. The van der Waals surface area contributed by atoms with E-state index < -0.39 is 0 Å². The molecule has 7 nitrogen and oxygen atoms in total. The zero-order valence-electron chi connectivity index (χ0n) is 20.9. The number of nitrogens with one attached hydrogen (secondary N) is 3. The Bertz CT molecular complexity index is 1800. The summed E-state index contributed by atoms with van der Waals surface area (Å²) < 4.78 is 14.6. The Kier molecular flexibility index (Phi) is 5.92. The number of amides is 1. The number of fused-ring (bicyclic) bond motifs is 2. The second-order valence-electron chi connectivity index (χ2n) is 9.73. The summed E-state index contributed by atoms with van der Waals surface area (Å²) in [5, 5.41) is 12.2. The monoisotopic (exact) mass is 504 g/mol. The molecule has 0 radical (unpaired) electrons. The van der Waals surface area contributed by atoms with Gasteiger partial charge in [-0.25, -0.2) is 9.37 Å². The number of H-pyrrole nitrogens is 2. The number of rotatable bonds is 6. The molecule has 4 heterocycles. The Morgan fingerprint density at radius 3 is 2.61 bits per heavy atom. The molecule has 0 fully saturated rings. The zero-order chi connectivity index (χ0) is 26.2. The van der Waals surface area contributed by atoms with E-state index in [2.05, 4.69) is 30.5 Å². The Balaban J connectivity index is 1.39. The van der Waals surface area contributed by atoms with Gasteiger partial charge in [-0.1, -0.05) is 44.2 Å². The van der Waals surface area contributed by atoms with Gasteiger partial charge in [-0.05, 0) is 41.8 Å². The summed E-state index contributed by atoms with van der Waals surface area (Å²) in [4.78, 5) is 24.5. The van der Waals surface area contributed by atoms with Gasteiger partial charge in [0.2, 0.25) is 5.91 Å². The highest BCUT2D eigenvalue weighted by Gasteiger charge is 2.16. The minimum Gasteiger partial charge on any atom is -0.353 e. The predicted molar refractivity (Wildman–Crippen MR) is 148 cm³/mol. The first-order valence-electron chi connectivity index (χ1n) is 12.4. The van der Waals surface area contributed by atoms with Crippen molar-refractivity contribution in [3.8, 4) is 33.6 Å². The average Bonchev–Trinajstić information content (AvgIpc) is 3.52. The molecule has 0 saturated carbocycles. The van der Waals surface area contributed by atoms with Crippen LogP contribution in [0.2, 0.25) is 0 Å². The fraction of sp³-hybridized carbons (Fsp3) is 0.133. The molecule has 6 aromatic rings. The van der Waals surface area contributed by atoms with E-state index in [9.17, 15) is 9.18 Å². The van der Waals surface area contributed by atoms with E-state index in [-0.39, 0.29) is 17.6 Å². The number of halogens is 1. The van der Waals surface area contributed by atoms with Crippen LogP contribution in [0.5, 0.6) is 0 Å². The van der Waals surface area contributed by atoms with Crippen LogP contribution in [0.4, 0.5) is 10.1 Å². The van der Waals surface area contributed by atoms with E-state index >= 15 is 0 Å². The Morgan fingerprint density at radius 2 is 1.76 bits per heavy atom. The van der Waals surface area contributed by atoms with Crippen molar-refractivity contribution in [3.63, 3.8) is 0 Å². The van der Waals surface area contributed by atoms with Crippen molar-refractivity contribution in [1.29, 1.82) is 0 Å². The van der Waals surface area contributed by atoms with Crippen LogP contribution in [-0.4, -0.2) is 31.1 Å². The smallest absolute Gasteiger partial charge is 0.224 e. The van der Waals surface area contributed by atoms with E-state index in [1.54, 1.807) is 30.7 Å². The molecule has 4 aromatic heterocycles. The Morgan fingerprint density at radius 1 is 0.947 bits per heavy atom. The van der Waals surface area contributed by atoms with E-state index in [1.807, 2.05) is 56.3 Å². The quantitative estimate of drug-likeness (QED) is 0.228. The molecule has 6 rings (SSSR count). The summed E-state index contributed by atoms with van der Waals surface area (Å²) >= 11 is 0. The Hall–Kier alpha value is -4.85. The Labute approximate surface area is 218 Å². The van der Waals surface area contributed by atoms with E-state index in [0.717, 1.165) is 38.7 Å². The van der Waals surface area contributed by atoms with Crippen molar-refractivity contribution < 1.29 is 9.18 Å². The maximum atomic E-state index is 14.6. The normalized spacial score (nSPS) is 11.5. The number of aromatic nitrogens is 5. The van der Waals surface area contributed by atoms with Crippen molar-refractivity contribution in [3.05, 3.63) is 85.1 Å². The van der Waals surface area contributed by atoms with Crippen LogP contribution in [0.1, 0.15) is 20.3 Å². The molecule has 3 N–H and O–H groups in total. The van der Waals surface area contributed by atoms with Gasteiger partial charge in [0.05, 0.1) is 17.6 Å². The third-order valence-corrected chi connectivity index (χ3v) is 6.45. The number of carbonyl (C=O) groups excluding carboxylic acids is 1. The van der Waals surface area contributed by atoms with Crippen LogP contribution in [0.3, 0.4) is 0 Å².